The number of carbonyl (C=O) groups is 1. The van der Waals surface area contributed by atoms with Crippen molar-refractivity contribution in [3.8, 4) is 17.1 Å². The highest BCUT2D eigenvalue weighted by molar-refractivity contribution is 9.10. The topological polar surface area (TPSA) is 94.3 Å². The van der Waals surface area contributed by atoms with Crippen LogP contribution in [0.2, 0.25) is 0 Å². The monoisotopic (exact) mass is 522 g/mol. The summed E-state index contributed by atoms with van der Waals surface area (Å²) in [5, 5.41) is 15.7. The number of nitrogens with one attached hydrogen (secondary N) is 1. The van der Waals surface area contributed by atoms with Gasteiger partial charge in [0, 0.05) is 15.6 Å². The van der Waals surface area contributed by atoms with Crippen molar-refractivity contribution in [3.63, 3.8) is 0 Å². The Hall–Kier alpha value is -3.50. The number of ether oxygens (including phenoxy) is 1. The average molecular weight is 523 g/mol. The second kappa shape index (κ2) is 11.4. The minimum atomic E-state index is -0.285. The number of hydrazone groups is 1. The summed E-state index contributed by atoms with van der Waals surface area (Å²) in [6.07, 6.45) is 1.56. The predicted octanol–water partition coefficient (Wildman–Crippen LogP) is 4.33. The zero-order valence-corrected chi connectivity index (χ0v) is 19.7. The van der Waals surface area contributed by atoms with Gasteiger partial charge in [-0.15, -0.1) is 5.10 Å². The summed E-state index contributed by atoms with van der Waals surface area (Å²) < 4.78 is 8.33. The first kappa shape index (κ1) is 22.7. The molecule has 1 N–H and O–H groups in total. The van der Waals surface area contributed by atoms with Crippen molar-refractivity contribution >= 4 is 40.0 Å². The van der Waals surface area contributed by atoms with Crippen molar-refractivity contribution in [3.05, 3.63) is 94.5 Å². The first-order valence-corrected chi connectivity index (χ1v) is 11.7. The summed E-state index contributed by atoms with van der Waals surface area (Å²) in [5.41, 5.74) is 5.19. The molecule has 1 amide bonds. The van der Waals surface area contributed by atoms with Gasteiger partial charge in [0.2, 0.25) is 0 Å². The summed E-state index contributed by atoms with van der Waals surface area (Å²) >= 11 is 4.63. The fourth-order valence-electron chi connectivity index (χ4n) is 2.83. The van der Waals surface area contributed by atoms with Crippen molar-refractivity contribution in [1.82, 2.24) is 25.0 Å². The molecular weight excluding hydrogens is 504 g/mol. The lowest BCUT2D eigenvalue weighted by molar-refractivity contribution is -0.118. The smallest absolute Gasteiger partial charge is 0.251 e. The lowest BCUT2D eigenvalue weighted by atomic mass is 10.2. The maximum atomic E-state index is 12.3. The van der Waals surface area contributed by atoms with Crippen molar-refractivity contribution in [1.29, 1.82) is 0 Å². The largest absolute Gasteiger partial charge is 0.488 e. The molecule has 0 radical (unpaired) electrons. The van der Waals surface area contributed by atoms with Gasteiger partial charge in [0.25, 0.3) is 5.91 Å². The quantitative estimate of drug-likeness (QED) is 0.259. The van der Waals surface area contributed by atoms with Crippen LogP contribution in [0, 0.1) is 0 Å². The molecule has 0 aliphatic carbocycles. The van der Waals surface area contributed by atoms with E-state index in [1.165, 1.54) is 16.0 Å². The van der Waals surface area contributed by atoms with E-state index in [0.717, 1.165) is 21.2 Å². The maximum absolute atomic E-state index is 12.3. The average Bonchev–Trinajstić information content (AvgIpc) is 3.32. The molecule has 0 atom stereocenters. The van der Waals surface area contributed by atoms with E-state index >= 15 is 0 Å². The molecule has 0 aliphatic heterocycles. The van der Waals surface area contributed by atoms with Crippen LogP contribution in [0.25, 0.3) is 11.4 Å². The summed E-state index contributed by atoms with van der Waals surface area (Å²) in [5.74, 6) is 1.05. The molecule has 0 fully saturated rings. The number of rotatable bonds is 9. The number of hydrogen-bond acceptors (Lipinski definition) is 7. The summed E-state index contributed by atoms with van der Waals surface area (Å²) in [4.78, 5) is 12.3. The number of nitrogens with zero attached hydrogens (tertiary/aromatic N) is 5. The van der Waals surface area contributed by atoms with Gasteiger partial charge < -0.3 is 4.74 Å². The highest BCUT2D eigenvalue weighted by Crippen LogP contribution is 2.23. The highest BCUT2D eigenvalue weighted by Gasteiger charge is 2.11. The molecule has 1 aromatic heterocycles. The third-order valence-corrected chi connectivity index (χ3v) is 5.77. The van der Waals surface area contributed by atoms with Gasteiger partial charge in [-0.25, -0.2) is 5.43 Å². The van der Waals surface area contributed by atoms with E-state index in [-0.39, 0.29) is 11.7 Å². The van der Waals surface area contributed by atoms with Gasteiger partial charge in [-0.3, -0.25) is 4.79 Å². The number of amides is 1. The fourth-order valence-corrected chi connectivity index (χ4v) is 3.87. The third kappa shape index (κ3) is 6.50. The number of hydrogen-bond donors (Lipinski definition) is 1. The highest BCUT2D eigenvalue weighted by atomic mass is 79.9. The summed E-state index contributed by atoms with van der Waals surface area (Å²) in [6, 6.07) is 25.0. The normalized spacial score (nSPS) is 10.9. The molecule has 0 spiro atoms. The number of carbonyl (C=O) groups excluding carboxylic acids is 1. The molecule has 0 unspecified atom stereocenters. The van der Waals surface area contributed by atoms with Gasteiger partial charge >= 0.3 is 0 Å². The van der Waals surface area contributed by atoms with Crippen molar-refractivity contribution in [2.45, 2.75) is 6.61 Å². The van der Waals surface area contributed by atoms with Crippen LogP contribution in [0.5, 0.6) is 5.75 Å². The molecule has 1 heterocycles. The van der Waals surface area contributed by atoms with Crippen LogP contribution < -0.4 is 10.2 Å². The van der Waals surface area contributed by atoms with E-state index in [4.69, 9.17) is 4.74 Å². The minimum absolute atomic E-state index is 0.0953. The standard InChI is InChI=1S/C23H19BrN6O2S/c24-20-11-12-21(32-15-17-7-3-1-4-8-17)19(13-20)14-25-26-22(31)16-33-30-23(27-28-29-30)18-9-5-2-6-10-18/h1-14H,15-16H2,(H,26,31)/b25-14-. The molecule has 0 saturated heterocycles. The van der Waals surface area contributed by atoms with E-state index < -0.39 is 0 Å². The molecular formula is C23H19BrN6O2S. The molecule has 0 bridgehead atoms. The van der Waals surface area contributed by atoms with Crippen LogP contribution in [-0.2, 0) is 11.4 Å². The van der Waals surface area contributed by atoms with Crippen LogP contribution in [0.1, 0.15) is 11.1 Å². The molecule has 10 heteroatoms. The molecule has 166 valence electrons. The molecule has 4 rings (SSSR count). The first-order valence-electron chi connectivity index (χ1n) is 9.94. The number of tetrazole rings is 1. The zero-order valence-electron chi connectivity index (χ0n) is 17.3. The Kier molecular flexibility index (Phi) is 7.83. The molecule has 3 aromatic carbocycles. The minimum Gasteiger partial charge on any atom is -0.488 e. The van der Waals surface area contributed by atoms with E-state index in [9.17, 15) is 4.79 Å². The Morgan fingerprint density at radius 2 is 1.85 bits per heavy atom. The van der Waals surface area contributed by atoms with Crippen LogP contribution in [0.3, 0.4) is 0 Å². The summed E-state index contributed by atoms with van der Waals surface area (Å²) in [6.45, 7) is 0.433. The Bertz CT molecular complexity index is 1230. The van der Waals surface area contributed by atoms with Crippen molar-refractivity contribution < 1.29 is 9.53 Å². The van der Waals surface area contributed by atoms with Gasteiger partial charge in [0.1, 0.15) is 12.4 Å². The fraction of sp³-hybridized carbons (Fsp3) is 0.0870. The Morgan fingerprint density at radius 3 is 2.64 bits per heavy atom. The lowest BCUT2D eigenvalue weighted by Crippen LogP contribution is -2.20. The van der Waals surface area contributed by atoms with E-state index in [0.29, 0.717) is 18.2 Å². The number of halogens is 1. The summed E-state index contributed by atoms with van der Waals surface area (Å²) in [7, 11) is 0. The second-order valence-electron chi connectivity index (χ2n) is 6.76. The van der Waals surface area contributed by atoms with E-state index in [1.807, 2.05) is 78.9 Å². The maximum Gasteiger partial charge on any atom is 0.251 e. The van der Waals surface area contributed by atoms with Crippen LogP contribution in [-0.4, -0.2) is 37.5 Å². The number of benzene rings is 3. The van der Waals surface area contributed by atoms with Crippen molar-refractivity contribution in [2.24, 2.45) is 5.10 Å². The molecule has 0 saturated carbocycles. The van der Waals surface area contributed by atoms with Crippen LogP contribution in [0.15, 0.2) is 88.4 Å². The predicted molar refractivity (Wildman–Crippen MR) is 132 cm³/mol. The molecule has 33 heavy (non-hydrogen) atoms. The SMILES string of the molecule is O=C(CSn1nnnc1-c1ccccc1)N/N=C\c1cc(Br)ccc1OCc1ccccc1. The Labute approximate surface area is 203 Å². The number of aromatic nitrogens is 4. The van der Waals surface area contributed by atoms with Gasteiger partial charge in [-0.1, -0.05) is 76.6 Å². The van der Waals surface area contributed by atoms with E-state index in [1.54, 1.807) is 6.21 Å². The van der Waals surface area contributed by atoms with Gasteiger partial charge in [-0.2, -0.15) is 9.19 Å². The second-order valence-corrected chi connectivity index (χ2v) is 8.57. The van der Waals surface area contributed by atoms with Crippen LogP contribution in [0.4, 0.5) is 0 Å². The lowest BCUT2D eigenvalue weighted by Gasteiger charge is -2.09. The van der Waals surface area contributed by atoms with Crippen LogP contribution >= 0.6 is 27.9 Å². The van der Waals surface area contributed by atoms with Gasteiger partial charge in [0.05, 0.1) is 12.0 Å². The van der Waals surface area contributed by atoms with Gasteiger partial charge in [-0.05, 0) is 46.1 Å². The van der Waals surface area contributed by atoms with Crippen molar-refractivity contribution in [2.75, 3.05) is 5.75 Å². The Balaban J connectivity index is 1.33. The molecule has 8 nitrogen and oxygen atoms in total. The Morgan fingerprint density at radius 1 is 1.09 bits per heavy atom. The first-order chi connectivity index (χ1) is 16.2. The zero-order chi connectivity index (χ0) is 22.9. The third-order valence-electron chi connectivity index (χ3n) is 4.39. The van der Waals surface area contributed by atoms with Gasteiger partial charge in [0.15, 0.2) is 5.82 Å². The molecule has 4 aromatic rings. The molecule has 0 aliphatic rings. The van der Waals surface area contributed by atoms with E-state index in [2.05, 4.69) is 42.0 Å².